The summed E-state index contributed by atoms with van der Waals surface area (Å²) in [4.78, 5) is 0. The maximum absolute atomic E-state index is 5.53. The van der Waals surface area contributed by atoms with E-state index in [1.165, 1.54) is 5.56 Å². The number of hydrogen-bond donors (Lipinski definition) is 1. The van der Waals surface area contributed by atoms with Gasteiger partial charge in [0.05, 0.1) is 0 Å². The average Bonchev–Trinajstić information content (AvgIpc) is 2.01. The van der Waals surface area contributed by atoms with Crippen molar-refractivity contribution in [1.82, 2.24) is 0 Å². The van der Waals surface area contributed by atoms with Crippen LogP contribution in [-0.4, -0.2) is 12.4 Å². The van der Waals surface area contributed by atoms with Crippen LogP contribution >= 0.6 is 11.6 Å². The Bertz CT molecular complexity index is 223. The van der Waals surface area contributed by atoms with Crippen molar-refractivity contribution in [2.75, 3.05) is 17.7 Å². The van der Waals surface area contributed by atoms with Gasteiger partial charge in [0.1, 0.15) is 0 Å². The van der Waals surface area contributed by atoms with Crippen molar-refractivity contribution < 1.29 is 0 Å². The first-order valence-electron chi connectivity index (χ1n) is 3.69. The first kappa shape index (κ1) is 8.41. The minimum atomic E-state index is 0.647. The van der Waals surface area contributed by atoms with Gasteiger partial charge in [-0.25, -0.2) is 0 Å². The highest BCUT2D eigenvalue weighted by Gasteiger charge is 1.89. The lowest BCUT2D eigenvalue weighted by Gasteiger charge is -2.03. The first-order valence-corrected chi connectivity index (χ1v) is 4.23. The van der Waals surface area contributed by atoms with Crippen molar-refractivity contribution in [3.63, 3.8) is 0 Å². The lowest BCUT2D eigenvalue weighted by Crippen LogP contribution is -2.01. The molecule has 1 N–H and O–H groups in total. The molecule has 0 atom stereocenters. The van der Waals surface area contributed by atoms with Gasteiger partial charge in [-0.3, -0.25) is 0 Å². The molecule has 0 aromatic heterocycles. The molecule has 0 spiro atoms. The molecule has 0 aliphatic carbocycles. The van der Waals surface area contributed by atoms with Gasteiger partial charge < -0.3 is 5.32 Å². The lowest BCUT2D eigenvalue weighted by atomic mass is 10.2. The summed E-state index contributed by atoms with van der Waals surface area (Å²) in [5, 5.41) is 3.20. The minimum absolute atomic E-state index is 0.647. The quantitative estimate of drug-likeness (QED) is 0.687. The van der Waals surface area contributed by atoms with Crippen molar-refractivity contribution in [3.05, 3.63) is 29.8 Å². The van der Waals surface area contributed by atoms with Crippen LogP contribution in [0.1, 0.15) is 5.56 Å². The summed E-state index contributed by atoms with van der Waals surface area (Å²) < 4.78 is 0. The maximum Gasteiger partial charge on any atom is 0.0396 e. The lowest BCUT2D eigenvalue weighted by molar-refractivity contribution is 1.22. The molecule has 0 aliphatic heterocycles. The summed E-state index contributed by atoms with van der Waals surface area (Å²) in [6, 6.07) is 8.25. The highest BCUT2D eigenvalue weighted by Crippen LogP contribution is 2.08. The Morgan fingerprint density at radius 2 is 2.27 bits per heavy atom. The van der Waals surface area contributed by atoms with Crippen LogP contribution in [0.5, 0.6) is 0 Å². The fourth-order valence-electron chi connectivity index (χ4n) is 0.947. The molecule has 0 fully saturated rings. The van der Waals surface area contributed by atoms with Gasteiger partial charge in [-0.1, -0.05) is 12.1 Å². The molecule has 0 bridgehead atoms. The van der Waals surface area contributed by atoms with Crippen LogP contribution in [0, 0.1) is 6.92 Å². The number of aryl methyl sites for hydroxylation is 1. The van der Waals surface area contributed by atoms with Crippen LogP contribution in [0.2, 0.25) is 0 Å². The zero-order chi connectivity index (χ0) is 8.10. The van der Waals surface area contributed by atoms with E-state index in [0.29, 0.717) is 5.88 Å². The number of halogens is 1. The SMILES string of the molecule is Cc1cccc(NCCCl)c1. The zero-order valence-corrected chi connectivity index (χ0v) is 7.36. The molecule has 1 aromatic carbocycles. The van der Waals surface area contributed by atoms with Crippen LogP contribution in [0.4, 0.5) is 5.69 Å². The molecule has 11 heavy (non-hydrogen) atoms. The number of nitrogens with one attached hydrogen (secondary N) is 1. The van der Waals surface area contributed by atoms with Crippen molar-refractivity contribution in [2.45, 2.75) is 6.92 Å². The number of benzene rings is 1. The highest BCUT2D eigenvalue weighted by molar-refractivity contribution is 6.18. The number of rotatable bonds is 3. The molecule has 0 radical (unpaired) electrons. The molecule has 0 saturated heterocycles. The van der Waals surface area contributed by atoms with E-state index in [0.717, 1.165) is 12.2 Å². The van der Waals surface area contributed by atoms with Crippen molar-refractivity contribution in [2.24, 2.45) is 0 Å². The van der Waals surface area contributed by atoms with E-state index in [-0.39, 0.29) is 0 Å². The second kappa shape index (κ2) is 4.24. The Morgan fingerprint density at radius 1 is 1.45 bits per heavy atom. The summed E-state index contributed by atoms with van der Waals surface area (Å²) in [5.74, 6) is 0.647. The molecule has 0 saturated carbocycles. The first-order chi connectivity index (χ1) is 5.33. The maximum atomic E-state index is 5.53. The van der Waals surface area contributed by atoms with E-state index in [2.05, 4.69) is 24.4 Å². The Hall–Kier alpha value is -0.690. The third-order valence-electron chi connectivity index (χ3n) is 1.44. The largest absolute Gasteiger partial charge is 0.384 e. The summed E-state index contributed by atoms with van der Waals surface area (Å²) >= 11 is 5.53. The van der Waals surface area contributed by atoms with Crippen molar-refractivity contribution in [3.8, 4) is 0 Å². The van der Waals surface area contributed by atoms with Gasteiger partial charge in [0.25, 0.3) is 0 Å². The van der Waals surface area contributed by atoms with Crippen molar-refractivity contribution >= 4 is 17.3 Å². The fourth-order valence-corrected chi connectivity index (χ4v) is 1.04. The molecule has 1 rings (SSSR count). The Balaban J connectivity index is 2.56. The van der Waals surface area contributed by atoms with E-state index in [4.69, 9.17) is 11.6 Å². The zero-order valence-electron chi connectivity index (χ0n) is 6.60. The number of anilines is 1. The second-order valence-electron chi connectivity index (χ2n) is 2.49. The topological polar surface area (TPSA) is 12.0 Å². The van der Waals surface area contributed by atoms with Gasteiger partial charge in [0, 0.05) is 18.1 Å². The molecular weight excluding hydrogens is 158 g/mol. The predicted octanol–water partition coefficient (Wildman–Crippen LogP) is 2.65. The molecular formula is C9H12ClN. The molecule has 2 heteroatoms. The van der Waals surface area contributed by atoms with Crippen LogP contribution in [-0.2, 0) is 0 Å². The van der Waals surface area contributed by atoms with Gasteiger partial charge in [-0.15, -0.1) is 11.6 Å². The third kappa shape index (κ3) is 2.81. The molecule has 1 aromatic rings. The smallest absolute Gasteiger partial charge is 0.0396 e. The van der Waals surface area contributed by atoms with Gasteiger partial charge in [0.2, 0.25) is 0 Å². The summed E-state index contributed by atoms with van der Waals surface area (Å²) in [7, 11) is 0. The molecule has 0 amide bonds. The van der Waals surface area contributed by atoms with E-state index in [1.807, 2.05) is 12.1 Å². The summed E-state index contributed by atoms with van der Waals surface area (Å²) in [6.07, 6.45) is 0. The predicted molar refractivity (Wildman–Crippen MR) is 50.4 cm³/mol. The standard InChI is InChI=1S/C9H12ClN/c1-8-3-2-4-9(7-8)11-6-5-10/h2-4,7,11H,5-6H2,1H3. The molecule has 60 valence electrons. The van der Waals surface area contributed by atoms with Crippen LogP contribution in [0.15, 0.2) is 24.3 Å². The highest BCUT2D eigenvalue weighted by atomic mass is 35.5. The fraction of sp³-hybridized carbons (Fsp3) is 0.333. The number of alkyl halides is 1. The summed E-state index contributed by atoms with van der Waals surface area (Å²) in [6.45, 7) is 2.90. The third-order valence-corrected chi connectivity index (χ3v) is 1.63. The molecule has 0 aliphatic rings. The van der Waals surface area contributed by atoms with Crippen LogP contribution < -0.4 is 5.32 Å². The number of hydrogen-bond acceptors (Lipinski definition) is 1. The Morgan fingerprint density at radius 3 is 2.91 bits per heavy atom. The second-order valence-corrected chi connectivity index (χ2v) is 2.86. The van der Waals surface area contributed by atoms with Crippen molar-refractivity contribution in [1.29, 1.82) is 0 Å². The van der Waals surface area contributed by atoms with E-state index < -0.39 is 0 Å². The van der Waals surface area contributed by atoms with Gasteiger partial charge in [-0.05, 0) is 24.6 Å². The Kier molecular flexibility index (Phi) is 3.24. The minimum Gasteiger partial charge on any atom is -0.384 e. The monoisotopic (exact) mass is 169 g/mol. The van der Waals surface area contributed by atoms with Gasteiger partial charge in [-0.2, -0.15) is 0 Å². The summed E-state index contributed by atoms with van der Waals surface area (Å²) in [5.41, 5.74) is 2.41. The van der Waals surface area contributed by atoms with Gasteiger partial charge in [0.15, 0.2) is 0 Å². The van der Waals surface area contributed by atoms with E-state index in [1.54, 1.807) is 0 Å². The van der Waals surface area contributed by atoms with Crippen LogP contribution in [0.3, 0.4) is 0 Å². The van der Waals surface area contributed by atoms with E-state index >= 15 is 0 Å². The normalized spacial score (nSPS) is 9.64. The van der Waals surface area contributed by atoms with E-state index in [9.17, 15) is 0 Å². The molecule has 1 nitrogen and oxygen atoms in total. The average molecular weight is 170 g/mol. The Labute approximate surface area is 72.4 Å². The molecule has 0 unspecified atom stereocenters. The molecule has 0 heterocycles. The van der Waals surface area contributed by atoms with Crippen LogP contribution in [0.25, 0.3) is 0 Å². The van der Waals surface area contributed by atoms with Gasteiger partial charge >= 0.3 is 0 Å².